The molecule has 1 amide bonds. The van der Waals surface area contributed by atoms with Crippen molar-refractivity contribution in [3.8, 4) is 0 Å². The van der Waals surface area contributed by atoms with E-state index in [2.05, 4.69) is 10.0 Å². The van der Waals surface area contributed by atoms with Crippen LogP contribution in [0.25, 0.3) is 16.8 Å². The van der Waals surface area contributed by atoms with E-state index >= 15 is 0 Å². The average molecular weight is 429 g/mol. The fourth-order valence-electron chi connectivity index (χ4n) is 3.18. The summed E-state index contributed by atoms with van der Waals surface area (Å²) in [4.78, 5) is 12.4. The molecule has 0 aliphatic carbocycles. The molecule has 0 fully saturated rings. The van der Waals surface area contributed by atoms with E-state index in [1.54, 1.807) is 42.5 Å². The molecule has 0 radical (unpaired) electrons. The van der Waals surface area contributed by atoms with E-state index in [4.69, 9.17) is 0 Å². The first kappa shape index (κ1) is 20.4. The van der Waals surface area contributed by atoms with Crippen molar-refractivity contribution in [3.05, 3.63) is 109 Å². The number of sulfonamides is 1. The second kappa shape index (κ2) is 8.85. The normalized spacial score (nSPS) is 11.5. The summed E-state index contributed by atoms with van der Waals surface area (Å²) in [7, 11) is -3.70. The zero-order valence-corrected chi connectivity index (χ0v) is 17.3. The van der Waals surface area contributed by atoms with Crippen LogP contribution in [0.15, 0.2) is 108 Å². The molecule has 0 aliphatic rings. The minimum Gasteiger partial charge on any atom is -0.323 e. The molecular weight excluding hydrogens is 408 g/mol. The third-order valence-corrected chi connectivity index (χ3v) is 6.09. The number of anilines is 2. The van der Waals surface area contributed by atoms with Crippen molar-refractivity contribution >= 4 is 44.2 Å². The fraction of sp³-hybridized carbons (Fsp3) is 0. The monoisotopic (exact) mass is 428 g/mol. The molecule has 154 valence electrons. The summed E-state index contributed by atoms with van der Waals surface area (Å²) in [6.45, 7) is 0. The maximum Gasteiger partial charge on any atom is 0.261 e. The molecule has 6 heteroatoms. The van der Waals surface area contributed by atoms with Gasteiger partial charge in [0.15, 0.2) is 0 Å². The Kier molecular flexibility index (Phi) is 5.82. The highest BCUT2D eigenvalue weighted by atomic mass is 32.2. The Morgan fingerprint density at radius 2 is 1.39 bits per heavy atom. The first-order chi connectivity index (χ1) is 15.0. The van der Waals surface area contributed by atoms with Gasteiger partial charge in [0.1, 0.15) is 0 Å². The molecule has 0 atom stereocenters. The summed E-state index contributed by atoms with van der Waals surface area (Å²) < 4.78 is 27.5. The molecule has 0 bridgehead atoms. The van der Waals surface area contributed by atoms with Crippen LogP contribution in [0.5, 0.6) is 0 Å². The number of para-hydroxylation sites is 1. The van der Waals surface area contributed by atoms with Crippen molar-refractivity contribution in [3.63, 3.8) is 0 Å². The summed E-state index contributed by atoms with van der Waals surface area (Å²) in [6, 6.07) is 28.6. The number of fused-ring (bicyclic) bond motifs is 1. The van der Waals surface area contributed by atoms with E-state index in [0.29, 0.717) is 11.4 Å². The number of rotatable bonds is 6. The van der Waals surface area contributed by atoms with E-state index in [-0.39, 0.29) is 10.8 Å². The number of carbonyl (C=O) groups excluding carboxylic acids is 1. The van der Waals surface area contributed by atoms with Crippen LogP contribution in [0.4, 0.5) is 11.4 Å². The van der Waals surface area contributed by atoms with Crippen LogP contribution >= 0.6 is 0 Å². The molecule has 5 nitrogen and oxygen atoms in total. The van der Waals surface area contributed by atoms with Gasteiger partial charge in [-0.15, -0.1) is 0 Å². The number of hydrogen-bond donors (Lipinski definition) is 2. The molecule has 0 unspecified atom stereocenters. The minimum atomic E-state index is -3.70. The van der Waals surface area contributed by atoms with Crippen LogP contribution in [0, 0.1) is 0 Å². The molecule has 0 saturated heterocycles. The number of amides is 1. The lowest BCUT2D eigenvalue weighted by Gasteiger charge is -2.09. The molecule has 0 aromatic heterocycles. The zero-order valence-electron chi connectivity index (χ0n) is 16.5. The quantitative estimate of drug-likeness (QED) is 0.410. The number of nitrogens with one attached hydrogen (secondary N) is 2. The highest BCUT2D eigenvalue weighted by molar-refractivity contribution is 7.92. The summed E-state index contributed by atoms with van der Waals surface area (Å²) in [5, 5.41) is 4.91. The molecule has 2 N–H and O–H groups in total. The van der Waals surface area contributed by atoms with Crippen molar-refractivity contribution in [1.82, 2.24) is 0 Å². The molecule has 0 heterocycles. The smallest absolute Gasteiger partial charge is 0.261 e. The summed E-state index contributed by atoms with van der Waals surface area (Å²) in [5.74, 6) is -0.300. The molecule has 0 saturated carbocycles. The van der Waals surface area contributed by atoms with E-state index in [1.807, 2.05) is 48.5 Å². The minimum absolute atomic E-state index is 0.112. The Labute approximate surface area is 181 Å². The average Bonchev–Trinajstić information content (AvgIpc) is 2.78. The Morgan fingerprint density at radius 3 is 2.16 bits per heavy atom. The van der Waals surface area contributed by atoms with Gasteiger partial charge in [0, 0.05) is 17.5 Å². The molecule has 4 rings (SSSR count). The van der Waals surface area contributed by atoms with Gasteiger partial charge in [-0.05, 0) is 58.8 Å². The Balaban J connectivity index is 1.44. The maximum atomic E-state index is 12.5. The van der Waals surface area contributed by atoms with E-state index < -0.39 is 10.0 Å². The largest absolute Gasteiger partial charge is 0.323 e. The fourth-order valence-corrected chi connectivity index (χ4v) is 4.24. The predicted octanol–water partition coefficient (Wildman–Crippen LogP) is 5.29. The van der Waals surface area contributed by atoms with Crippen LogP contribution in [0.3, 0.4) is 0 Å². The SMILES string of the molecule is O=C(/C=C/c1cccc2ccccc12)Nc1ccc(S(=O)(=O)Nc2ccccc2)cc1. The zero-order chi connectivity index (χ0) is 21.7. The van der Waals surface area contributed by atoms with Gasteiger partial charge in [-0.1, -0.05) is 60.7 Å². The molecule has 4 aromatic rings. The van der Waals surface area contributed by atoms with Crippen LogP contribution < -0.4 is 10.0 Å². The van der Waals surface area contributed by atoms with Crippen molar-refractivity contribution in [2.75, 3.05) is 10.0 Å². The number of benzene rings is 4. The van der Waals surface area contributed by atoms with Gasteiger partial charge in [0.25, 0.3) is 10.0 Å². The van der Waals surface area contributed by atoms with Crippen LogP contribution in [-0.4, -0.2) is 14.3 Å². The first-order valence-electron chi connectivity index (χ1n) is 9.66. The van der Waals surface area contributed by atoms with Gasteiger partial charge in [-0.3, -0.25) is 9.52 Å². The van der Waals surface area contributed by atoms with Crippen LogP contribution in [-0.2, 0) is 14.8 Å². The lowest BCUT2D eigenvalue weighted by atomic mass is 10.0. The highest BCUT2D eigenvalue weighted by Gasteiger charge is 2.14. The first-order valence-corrected chi connectivity index (χ1v) is 11.1. The van der Waals surface area contributed by atoms with Gasteiger partial charge >= 0.3 is 0 Å². The van der Waals surface area contributed by atoms with Gasteiger partial charge < -0.3 is 5.32 Å². The van der Waals surface area contributed by atoms with Crippen molar-refractivity contribution in [1.29, 1.82) is 0 Å². The number of hydrogen-bond acceptors (Lipinski definition) is 3. The summed E-state index contributed by atoms with van der Waals surface area (Å²) in [5.41, 5.74) is 1.94. The Morgan fingerprint density at radius 1 is 0.710 bits per heavy atom. The van der Waals surface area contributed by atoms with Crippen molar-refractivity contribution in [2.45, 2.75) is 4.90 Å². The third-order valence-electron chi connectivity index (χ3n) is 4.70. The van der Waals surface area contributed by atoms with Gasteiger partial charge in [0.2, 0.25) is 5.91 Å². The van der Waals surface area contributed by atoms with Crippen LogP contribution in [0.1, 0.15) is 5.56 Å². The highest BCUT2D eigenvalue weighted by Crippen LogP contribution is 2.20. The maximum absolute atomic E-state index is 12.5. The molecular formula is C25H20N2O3S. The lowest BCUT2D eigenvalue weighted by molar-refractivity contribution is -0.111. The van der Waals surface area contributed by atoms with Gasteiger partial charge in [0.05, 0.1) is 4.90 Å². The molecule has 31 heavy (non-hydrogen) atoms. The topological polar surface area (TPSA) is 75.3 Å². The predicted molar refractivity (Wildman–Crippen MR) is 125 cm³/mol. The van der Waals surface area contributed by atoms with Crippen molar-refractivity contribution < 1.29 is 13.2 Å². The van der Waals surface area contributed by atoms with Crippen molar-refractivity contribution in [2.24, 2.45) is 0 Å². The van der Waals surface area contributed by atoms with E-state index in [0.717, 1.165) is 16.3 Å². The lowest BCUT2D eigenvalue weighted by Crippen LogP contribution is -2.13. The third kappa shape index (κ3) is 4.99. The Hall–Kier alpha value is -3.90. The van der Waals surface area contributed by atoms with Crippen LogP contribution in [0.2, 0.25) is 0 Å². The molecule has 0 aliphatic heterocycles. The Bertz CT molecular complexity index is 1340. The second-order valence-corrected chi connectivity index (χ2v) is 8.57. The summed E-state index contributed by atoms with van der Waals surface area (Å²) >= 11 is 0. The summed E-state index contributed by atoms with van der Waals surface area (Å²) in [6.07, 6.45) is 3.23. The van der Waals surface area contributed by atoms with E-state index in [9.17, 15) is 13.2 Å². The van der Waals surface area contributed by atoms with Gasteiger partial charge in [-0.25, -0.2) is 8.42 Å². The molecule has 0 spiro atoms. The van der Waals surface area contributed by atoms with E-state index in [1.165, 1.54) is 18.2 Å². The molecule has 4 aromatic carbocycles. The standard InChI is InChI=1S/C25H20N2O3S/c28-25(18-13-20-9-6-8-19-7-4-5-12-24(19)20)26-21-14-16-23(17-15-21)31(29,30)27-22-10-2-1-3-11-22/h1-18,27H,(H,26,28)/b18-13+. The number of carbonyl (C=O) groups is 1. The van der Waals surface area contributed by atoms with Gasteiger partial charge in [-0.2, -0.15) is 0 Å². The second-order valence-electron chi connectivity index (χ2n) is 6.89.